The van der Waals surface area contributed by atoms with E-state index in [-0.39, 0.29) is 22.3 Å². The van der Waals surface area contributed by atoms with Crippen molar-refractivity contribution >= 4 is 17.6 Å². The lowest BCUT2D eigenvalue weighted by Gasteiger charge is -2.21. The van der Waals surface area contributed by atoms with Gasteiger partial charge in [-0.15, -0.1) is 0 Å². The van der Waals surface area contributed by atoms with Crippen molar-refractivity contribution in [1.82, 2.24) is 0 Å². The molecule has 5 nitrogen and oxygen atoms in total. The normalized spacial score (nSPS) is 12.2. The molecule has 0 fully saturated rings. The maximum Gasteiger partial charge on any atom is 0.339 e. The standard InChI is InChI=1S/C14H19ClO5/c1-7(2)8-6-9(18-3)13(19-4)10(11(8)15)12(16)14(17)20-5/h6-7,12,16H,1-5H3. The van der Waals surface area contributed by atoms with Gasteiger partial charge in [-0.1, -0.05) is 25.4 Å². The van der Waals surface area contributed by atoms with Gasteiger partial charge in [0.2, 0.25) is 0 Å². The van der Waals surface area contributed by atoms with Crippen LogP contribution < -0.4 is 9.47 Å². The Morgan fingerprint density at radius 2 is 1.85 bits per heavy atom. The number of ether oxygens (including phenoxy) is 3. The Balaban J connectivity index is 3.60. The second kappa shape index (κ2) is 6.81. The van der Waals surface area contributed by atoms with Crippen molar-refractivity contribution in [2.45, 2.75) is 25.9 Å². The molecule has 0 spiro atoms. The number of aliphatic hydroxyl groups is 1. The Morgan fingerprint density at radius 1 is 1.25 bits per heavy atom. The van der Waals surface area contributed by atoms with E-state index in [4.69, 9.17) is 21.1 Å². The molecule has 1 atom stereocenters. The molecular weight excluding hydrogens is 284 g/mol. The fourth-order valence-electron chi connectivity index (χ4n) is 1.91. The van der Waals surface area contributed by atoms with E-state index in [2.05, 4.69) is 4.74 Å². The number of benzene rings is 1. The average molecular weight is 303 g/mol. The first-order valence-electron chi connectivity index (χ1n) is 6.09. The van der Waals surface area contributed by atoms with Crippen molar-refractivity contribution in [2.24, 2.45) is 0 Å². The van der Waals surface area contributed by atoms with Crippen LogP contribution >= 0.6 is 11.6 Å². The lowest BCUT2D eigenvalue weighted by atomic mass is 9.96. The van der Waals surface area contributed by atoms with Crippen molar-refractivity contribution < 1.29 is 24.1 Å². The van der Waals surface area contributed by atoms with Crippen LogP contribution in [0.4, 0.5) is 0 Å². The van der Waals surface area contributed by atoms with Crippen molar-refractivity contribution in [1.29, 1.82) is 0 Å². The Hall–Kier alpha value is -1.46. The van der Waals surface area contributed by atoms with E-state index in [0.717, 1.165) is 5.56 Å². The molecule has 0 aliphatic rings. The van der Waals surface area contributed by atoms with Gasteiger partial charge in [0.25, 0.3) is 0 Å². The maximum absolute atomic E-state index is 11.6. The third-order valence-electron chi connectivity index (χ3n) is 2.99. The Bertz CT molecular complexity index is 499. The van der Waals surface area contributed by atoms with Gasteiger partial charge in [0.05, 0.1) is 31.9 Å². The number of methoxy groups -OCH3 is 3. The molecule has 0 heterocycles. The SMILES string of the molecule is COC(=O)C(O)c1c(Cl)c(C(C)C)cc(OC)c1OC. The molecule has 1 unspecified atom stereocenters. The van der Waals surface area contributed by atoms with E-state index in [9.17, 15) is 9.90 Å². The summed E-state index contributed by atoms with van der Waals surface area (Å²) in [7, 11) is 4.08. The fraction of sp³-hybridized carbons (Fsp3) is 0.500. The first kappa shape index (κ1) is 16.6. The van der Waals surface area contributed by atoms with Gasteiger partial charge in [-0.25, -0.2) is 4.79 Å². The highest BCUT2D eigenvalue weighted by Crippen LogP contribution is 2.44. The zero-order valence-electron chi connectivity index (χ0n) is 12.2. The zero-order valence-corrected chi connectivity index (χ0v) is 12.9. The molecule has 0 saturated heterocycles. The van der Waals surface area contributed by atoms with Crippen molar-refractivity contribution in [2.75, 3.05) is 21.3 Å². The van der Waals surface area contributed by atoms with Crippen LogP contribution in [-0.2, 0) is 9.53 Å². The second-order valence-corrected chi connectivity index (χ2v) is 4.89. The molecular formula is C14H19ClO5. The highest BCUT2D eigenvalue weighted by Gasteiger charge is 2.29. The van der Waals surface area contributed by atoms with Crippen LogP contribution in [0.3, 0.4) is 0 Å². The van der Waals surface area contributed by atoms with Crippen LogP contribution in [0, 0.1) is 0 Å². The molecule has 0 aliphatic carbocycles. The molecule has 6 heteroatoms. The lowest BCUT2D eigenvalue weighted by molar-refractivity contribution is -0.150. The van der Waals surface area contributed by atoms with Crippen LogP contribution in [0.15, 0.2) is 6.07 Å². The number of hydrogen-bond donors (Lipinski definition) is 1. The van der Waals surface area contributed by atoms with Gasteiger partial charge in [-0.2, -0.15) is 0 Å². The van der Waals surface area contributed by atoms with E-state index >= 15 is 0 Å². The number of aliphatic hydroxyl groups excluding tert-OH is 1. The molecule has 0 amide bonds. The first-order valence-corrected chi connectivity index (χ1v) is 6.46. The van der Waals surface area contributed by atoms with Crippen molar-refractivity contribution in [3.05, 3.63) is 22.2 Å². The summed E-state index contributed by atoms with van der Waals surface area (Å²) in [5.41, 5.74) is 0.909. The quantitative estimate of drug-likeness (QED) is 0.847. The van der Waals surface area contributed by atoms with Gasteiger partial charge < -0.3 is 19.3 Å². The Labute approximate surface area is 123 Å². The Kier molecular flexibility index (Phi) is 5.65. The number of halogens is 1. The summed E-state index contributed by atoms with van der Waals surface area (Å²) < 4.78 is 15.0. The van der Waals surface area contributed by atoms with Crippen LogP contribution in [0.5, 0.6) is 11.5 Å². The summed E-state index contributed by atoms with van der Waals surface area (Å²) in [6.07, 6.45) is -1.53. The molecule has 1 rings (SSSR count). The first-order chi connectivity index (χ1) is 9.38. The summed E-state index contributed by atoms with van der Waals surface area (Å²) in [5, 5.41) is 10.4. The molecule has 0 aliphatic heterocycles. The molecule has 0 bridgehead atoms. The number of carbonyl (C=O) groups is 1. The predicted octanol–water partition coefficient (Wildman–Crippen LogP) is 2.69. The molecule has 20 heavy (non-hydrogen) atoms. The molecule has 1 aromatic rings. The fourth-order valence-corrected chi connectivity index (χ4v) is 2.38. The minimum atomic E-state index is -1.53. The molecule has 0 radical (unpaired) electrons. The minimum absolute atomic E-state index is 0.0888. The topological polar surface area (TPSA) is 65.0 Å². The summed E-state index contributed by atoms with van der Waals surface area (Å²) >= 11 is 6.31. The van der Waals surface area contributed by atoms with E-state index < -0.39 is 12.1 Å². The molecule has 0 saturated carbocycles. The Morgan fingerprint density at radius 3 is 2.25 bits per heavy atom. The van der Waals surface area contributed by atoms with Gasteiger partial charge in [0, 0.05) is 0 Å². The van der Waals surface area contributed by atoms with E-state index in [1.54, 1.807) is 6.07 Å². The second-order valence-electron chi connectivity index (χ2n) is 4.51. The average Bonchev–Trinajstić information content (AvgIpc) is 2.44. The van der Waals surface area contributed by atoms with Crippen LogP contribution in [0.2, 0.25) is 5.02 Å². The van der Waals surface area contributed by atoms with Crippen molar-refractivity contribution in [3.63, 3.8) is 0 Å². The monoisotopic (exact) mass is 302 g/mol. The van der Waals surface area contributed by atoms with E-state index in [1.165, 1.54) is 21.3 Å². The van der Waals surface area contributed by atoms with Crippen LogP contribution in [0.25, 0.3) is 0 Å². The summed E-state index contributed by atoms with van der Waals surface area (Å²) in [4.78, 5) is 11.6. The zero-order chi connectivity index (χ0) is 15.4. The highest BCUT2D eigenvalue weighted by atomic mass is 35.5. The third-order valence-corrected chi connectivity index (χ3v) is 3.41. The highest BCUT2D eigenvalue weighted by molar-refractivity contribution is 6.32. The largest absolute Gasteiger partial charge is 0.493 e. The van der Waals surface area contributed by atoms with Gasteiger partial charge in [-0.05, 0) is 17.5 Å². The van der Waals surface area contributed by atoms with E-state index in [0.29, 0.717) is 5.75 Å². The van der Waals surface area contributed by atoms with Gasteiger partial charge in [0.1, 0.15) is 0 Å². The van der Waals surface area contributed by atoms with Gasteiger partial charge in [0.15, 0.2) is 17.6 Å². The maximum atomic E-state index is 11.6. The number of rotatable bonds is 5. The molecule has 0 aromatic heterocycles. The predicted molar refractivity (Wildman–Crippen MR) is 75.6 cm³/mol. The number of hydrogen-bond acceptors (Lipinski definition) is 5. The third kappa shape index (κ3) is 2.99. The number of esters is 1. The minimum Gasteiger partial charge on any atom is -0.493 e. The lowest BCUT2D eigenvalue weighted by Crippen LogP contribution is -2.16. The number of carbonyl (C=O) groups excluding carboxylic acids is 1. The smallest absolute Gasteiger partial charge is 0.339 e. The summed E-state index contributed by atoms with van der Waals surface area (Å²) in [5.74, 6) is -0.0996. The van der Waals surface area contributed by atoms with Crippen LogP contribution in [0.1, 0.15) is 37.0 Å². The summed E-state index contributed by atoms with van der Waals surface area (Å²) in [6.45, 7) is 3.89. The molecule has 1 aromatic carbocycles. The van der Waals surface area contributed by atoms with Gasteiger partial charge >= 0.3 is 5.97 Å². The van der Waals surface area contributed by atoms with Gasteiger partial charge in [-0.3, -0.25) is 0 Å². The van der Waals surface area contributed by atoms with E-state index in [1.807, 2.05) is 13.8 Å². The van der Waals surface area contributed by atoms with Crippen LogP contribution in [-0.4, -0.2) is 32.4 Å². The van der Waals surface area contributed by atoms with Crippen molar-refractivity contribution in [3.8, 4) is 11.5 Å². The summed E-state index contributed by atoms with van der Waals surface area (Å²) in [6, 6.07) is 1.74. The molecule has 112 valence electrons. The molecule has 1 N–H and O–H groups in total.